The van der Waals surface area contributed by atoms with Crippen LogP contribution in [-0.4, -0.2) is 110 Å². The Labute approximate surface area is 394 Å². The van der Waals surface area contributed by atoms with Gasteiger partial charge >= 0.3 is 19.8 Å². The molecule has 7 N–H and O–H groups in total. The summed E-state index contributed by atoms with van der Waals surface area (Å²) in [6.07, 6.45) is 38.4. The standard InChI is InChI=1S/C51H81O14P/c1-3-4-5-6-7-8-9-10-11-12-13-14-17-21-24-27-30-33-36-39-45(54)64-43(41-63-66(60,61)65-51-49(58)47(56)46(55)48(57)50(51)59)40-62-44(53)38-35-32-29-26-23-20-18-15-16-19-22-25-28-31-34-37-42(2)52/h4-5,7-8,10-11,13-14,16,18-21,24-26,28-29,42-43,46-52,55-59H,3,6,9,12,15,17,22-23,27,30-41H2,1-2H3,(H,60,61)/b5-4-,8-7-,11-10-,14-13-,19-16-,20-18-,24-21-,28-25-,29-26-/t42-,43-,46?,47-,48+,49-,50-,51?/m1/s1. The van der Waals surface area contributed by atoms with Gasteiger partial charge in [-0.05, 0) is 110 Å². The molecule has 0 heterocycles. The number of ether oxygens (including phenoxy) is 2. The van der Waals surface area contributed by atoms with Crippen LogP contribution in [0, 0.1) is 0 Å². The number of aliphatic hydroxyl groups is 6. The molecule has 3 unspecified atom stereocenters. The molecule has 66 heavy (non-hydrogen) atoms. The van der Waals surface area contributed by atoms with Gasteiger partial charge in [-0.3, -0.25) is 18.6 Å². The van der Waals surface area contributed by atoms with E-state index in [0.29, 0.717) is 19.3 Å². The van der Waals surface area contributed by atoms with Crippen molar-refractivity contribution in [2.75, 3.05) is 13.2 Å². The fraction of sp³-hybridized carbons (Fsp3) is 0.608. The van der Waals surface area contributed by atoms with Gasteiger partial charge in [-0.1, -0.05) is 123 Å². The fourth-order valence-electron chi connectivity index (χ4n) is 6.32. The SMILES string of the molecule is CC/C=C\C/C=C\C/C=C\C/C=C\C/C=C\CCCCCC(=O)O[C@H](COC(=O)CCC/C=C\C/C=C\C/C=C\C/C=C\CCC[C@@H](C)O)COP(=O)(O)OC1[C@H](O)[C@H](O)C(O)[C@H](O)[C@H]1O. The maximum Gasteiger partial charge on any atom is 0.472 e. The van der Waals surface area contributed by atoms with E-state index in [1.807, 2.05) is 12.2 Å². The van der Waals surface area contributed by atoms with Gasteiger partial charge in [0.25, 0.3) is 0 Å². The Balaban J connectivity index is 2.53. The molecule has 0 spiro atoms. The van der Waals surface area contributed by atoms with Crippen LogP contribution in [0.3, 0.4) is 0 Å². The van der Waals surface area contributed by atoms with Gasteiger partial charge in [0, 0.05) is 12.8 Å². The second kappa shape index (κ2) is 39.5. The van der Waals surface area contributed by atoms with Crippen molar-refractivity contribution in [2.24, 2.45) is 0 Å². The summed E-state index contributed by atoms with van der Waals surface area (Å²) in [5, 5.41) is 59.5. The zero-order chi connectivity index (χ0) is 48.7. The average molecular weight is 949 g/mol. The highest BCUT2D eigenvalue weighted by Crippen LogP contribution is 2.47. The predicted molar refractivity (Wildman–Crippen MR) is 259 cm³/mol. The minimum absolute atomic E-state index is 0.0323. The number of rotatable bonds is 37. The average Bonchev–Trinajstić information content (AvgIpc) is 3.29. The molecular weight excluding hydrogens is 868 g/mol. The molecule has 374 valence electrons. The number of carbonyl (C=O) groups excluding carboxylic acids is 2. The van der Waals surface area contributed by atoms with Gasteiger partial charge in [-0.2, -0.15) is 0 Å². The zero-order valence-corrected chi connectivity index (χ0v) is 40.2. The lowest BCUT2D eigenvalue weighted by molar-refractivity contribution is -0.220. The Morgan fingerprint density at radius 2 is 0.939 bits per heavy atom. The lowest BCUT2D eigenvalue weighted by Crippen LogP contribution is -2.64. The summed E-state index contributed by atoms with van der Waals surface area (Å²) in [6, 6.07) is 0. The monoisotopic (exact) mass is 949 g/mol. The molecule has 0 bridgehead atoms. The summed E-state index contributed by atoms with van der Waals surface area (Å²) in [5.41, 5.74) is 0. The summed E-state index contributed by atoms with van der Waals surface area (Å²) in [7, 11) is -5.16. The van der Waals surface area contributed by atoms with Crippen LogP contribution in [0.25, 0.3) is 0 Å². The summed E-state index contributed by atoms with van der Waals surface area (Å²) >= 11 is 0. The largest absolute Gasteiger partial charge is 0.472 e. The first-order valence-corrected chi connectivity index (χ1v) is 25.2. The number of carbonyl (C=O) groups is 2. The van der Waals surface area contributed by atoms with Crippen molar-refractivity contribution in [1.82, 2.24) is 0 Å². The quantitative estimate of drug-likeness (QED) is 0.0134. The third-order valence-electron chi connectivity index (χ3n) is 10.1. The smallest absolute Gasteiger partial charge is 0.462 e. The van der Waals surface area contributed by atoms with E-state index >= 15 is 0 Å². The van der Waals surface area contributed by atoms with Crippen LogP contribution in [0.1, 0.15) is 136 Å². The van der Waals surface area contributed by atoms with Gasteiger partial charge in [0.15, 0.2) is 6.10 Å². The highest BCUT2D eigenvalue weighted by atomic mass is 31.2. The first kappa shape index (κ1) is 60.5. The molecule has 15 heteroatoms. The van der Waals surface area contributed by atoms with Crippen LogP contribution >= 0.6 is 7.82 Å². The summed E-state index contributed by atoms with van der Waals surface area (Å²) in [4.78, 5) is 35.7. The summed E-state index contributed by atoms with van der Waals surface area (Å²) in [5.74, 6) is -1.23. The van der Waals surface area contributed by atoms with Crippen molar-refractivity contribution >= 4 is 19.8 Å². The lowest BCUT2D eigenvalue weighted by atomic mass is 9.85. The number of aliphatic hydroxyl groups excluding tert-OH is 6. The Kier molecular flexibility index (Phi) is 36.2. The first-order valence-electron chi connectivity index (χ1n) is 23.7. The van der Waals surface area contributed by atoms with E-state index in [2.05, 4.69) is 104 Å². The second-order valence-electron chi connectivity index (χ2n) is 16.2. The maximum absolute atomic E-state index is 12.8. The Morgan fingerprint density at radius 3 is 1.41 bits per heavy atom. The number of unbranched alkanes of at least 4 members (excludes halogenated alkanes) is 5. The van der Waals surface area contributed by atoms with Crippen LogP contribution < -0.4 is 0 Å². The van der Waals surface area contributed by atoms with E-state index in [-0.39, 0.29) is 18.9 Å². The van der Waals surface area contributed by atoms with Crippen LogP contribution in [0.5, 0.6) is 0 Å². The molecule has 0 saturated heterocycles. The second-order valence-corrected chi connectivity index (χ2v) is 17.6. The molecule has 0 radical (unpaired) electrons. The maximum atomic E-state index is 12.8. The topological polar surface area (TPSA) is 230 Å². The van der Waals surface area contributed by atoms with Crippen molar-refractivity contribution in [2.45, 2.75) is 185 Å². The molecular formula is C51H81O14P. The highest BCUT2D eigenvalue weighted by Gasteiger charge is 2.51. The van der Waals surface area contributed by atoms with Gasteiger partial charge < -0.3 is 45.0 Å². The number of phosphoric acid groups is 1. The van der Waals surface area contributed by atoms with Crippen molar-refractivity contribution in [3.63, 3.8) is 0 Å². The van der Waals surface area contributed by atoms with Crippen LogP contribution in [0.4, 0.5) is 0 Å². The van der Waals surface area contributed by atoms with Gasteiger partial charge in [-0.15, -0.1) is 0 Å². The zero-order valence-electron chi connectivity index (χ0n) is 39.3. The van der Waals surface area contributed by atoms with E-state index in [9.17, 15) is 49.7 Å². The molecule has 0 aromatic carbocycles. The number of esters is 2. The molecule has 0 aromatic heterocycles. The van der Waals surface area contributed by atoms with E-state index in [4.69, 9.17) is 18.5 Å². The van der Waals surface area contributed by atoms with Crippen molar-refractivity contribution in [1.29, 1.82) is 0 Å². The predicted octanol–water partition coefficient (Wildman–Crippen LogP) is 8.58. The third kappa shape index (κ3) is 32.2. The Bertz CT molecular complexity index is 1580. The molecule has 1 aliphatic rings. The Hall–Kier alpha value is -3.53. The minimum Gasteiger partial charge on any atom is -0.462 e. The number of allylic oxidation sites excluding steroid dienone is 18. The number of hydrogen-bond acceptors (Lipinski definition) is 13. The highest BCUT2D eigenvalue weighted by molar-refractivity contribution is 7.47. The molecule has 0 aromatic rings. The van der Waals surface area contributed by atoms with Crippen molar-refractivity contribution in [3.05, 3.63) is 109 Å². The molecule has 1 saturated carbocycles. The van der Waals surface area contributed by atoms with E-state index in [0.717, 1.165) is 89.9 Å². The molecule has 9 atom stereocenters. The molecule has 14 nitrogen and oxygen atoms in total. The third-order valence-corrected chi connectivity index (χ3v) is 11.1. The number of phosphoric ester groups is 1. The molecule has 1 fully saturated rings. The molecule has 1 rings (SSSR count). The summed E-state index contributed by atoms with van der Waals surface area (Å²) < 4.78 is 33.4. The van der Waals surface area contributed by atoms with Crippen LogP contribution in [0.15, 0.2) is 109 Å². The van der Waals surface area contributed by atoms with Gasteiger partial charge in [-0.25, -0.2) is 4.57 Å². The first-order chi connectivity index (χ1) is 31.8. The van der Waals surface area contributed by atoms with Crippen molar-refractivity contribution < 1.29 is 68.2 Å². The van der Waals surface area contributed by atoms with Crippen LogP contribution in [-0.2, 0) is 32.7 Å². The number of hydrogen-bond donors (Lipinski definition) is 7. The lowest BCUT2D eigenvalue weighted by Gasteiger charge is -2.41. The van der Waals surface area contributed by atoms with E-state index in [1.54, 1.807) is 6.92 Å². The van der Waals surface area contributed by atoms with Gasteiger partial charge in [0.1, 0.15) is 43.2 Å². The normalized spacial score (nSPS) is 22.7. The van der Waals surface area contributed by atoms with E-state index in [1.165, 1.54) is 0 Å². The van der Waals surface area contributed by atoms with E-state index < -0.39 is 75.7 Å². The molecule has 0 aliphatic heterocycles. The van der Waals surface area contributed by atoms with Crippen molar-refractivity contribution in [3.8, 4) is 0 Å². The van der Waals surface area contributed by atoms with Crippen LogP contribution in [0.2, 0.25) is 0 Å². The molecule has 1 aliphatic carbocycles. The fourth-order valence-corrected chi connectivity index (χ4v) is 7.30. The minimum atomic E-state index is -5.16. The van der Waals surface area contributed by atoms with Gasteiger partial charge in [0.2, 0.25) is 0 Å². The molecule has 0 amide bonds. The van der Waals surface area contributed by atoms with Gasteiger partial charge in [0.05, 0.1) is 12.7 Å². The Morgan fingerprint density at radius 1 is 0.530 bits per heavy atom. The summed E-state index contributed by atoms with van der Waals surface area (Å²) in [6.45, 7) is 2.65.